The molecule has 1 amide bonds. The summed E-state index contributed by atoms with van der Waals surface area (Å²) >= 11 is 0. The number of furan rings is 1. The van der Waals surface area contributed by atoms with E-state index in [1.807, 2.05) is 25.2 Å². The number of hydrogen-bond donors (Lipinski definition) is 2. The van der Waals surface area contributed by atoms with Gasteiger partial charge in [0, 0.05) is 30.6 Å². The normalized spacial score (nSPS) is 17.4. The summed E-state index contributed by atoms with van der Waals surface area (Å²) in [4.78, 5) is 12.2. The minimum absolute atomic E-state index is 0.0274. The SMILES string of the molecule is Cn1nc(C(C)(C)C)c2c1NC(=O)C[C@H]2c1ccc(-c2ccn[nH]2)o1. The fourth-order valence-electron chi connectivity index (χ4n) is 3.36. The van der Waals surface area contributed by atoms with Crippen LogP contribution in [0.2, 0.25) is 0 Å². The first kappa shape index (κ1) is 15.7. The third-order valence-corrected chi connectivity index (χ3v) is 4.53. The lowest BCUT2D eigenvalue weighted by molar-refractivity contribution is -0.116. The molecule has 25 heavy (non-hydrogen) atoms. The summed E-state index contributed by atoms with van der Waals surface area (Å²) in [5, 5.41) is 14.5. The number of carbonyl (C=O) groups excluding carboxylic acids is 1. The predicted molar refractivity (Wildman–Crippen MR) is 93.3 cm³/mol. The van der Waals surface area contributed by atoms with E-state index in [9.17, 15) is 4.79 Å². The summed E-state index contributed by atoms with van der Waals surface area (Å²) in [5.74, 6) is 2.05. The molecular formula is C18H21N5O2. The number of hydrogen-bond acceptors (Lipinski definition) is 4. The largest absolute Gasteiger partial charge is 0.459 e. The summed E-state index contributed by atoms with van der Waals surface area (Å²) in [6.45, 7) is 6.38. The van der Waals surface area contributed by atoms with E-state index in [1.54, 1.807) is 10.9 Å². The predicted octanol–water partition coefficient (Wildman–Crippen LogP) is 3.17. The van der Waals surface area contributed by atoms with Crippen LogP contribution in [0.25, 0.3) is 11.5 Å². The van der Waals surface area contributed by atoms with E-state index < -0.39 is 0 Å². The number of anilines is 1. The molecule has 1 aliphatic heterocycles. The molecule has 4 heterocycles. The molecule has 4 rings (SSSR count). The zero-order valence-corrected chi connectivity index (χ0v) is 14.8. The molecule has 0 bridgehead atoms. The second-order valence-corrected chi connectivity index (χ2v) is 7.46. The second kappa shape index (κ2) is 5.34. The summed E-state index contributed by atoms with van der Waals surface area (Å²) in [6.07, 6.45) is 2.03. The van der Waals surface area contributed by atoms with Crippen molar-refractivity contribution in [2.45, 2.75) is 38.5 Å². The highest BCUT2D eigenvalue weighted by molar-refractivity contribution is 5.94. The van der Waals surface area contributed by atoms with Crippen molar-refractivity contribution < 1.29 is 9.21 Å². The van der Waals surface area contributed by atoms with E-state index >= 15 is 0 Å². The molecule has 0 aliphatic carbocycles. The molecule has 0 unspecified atom stereocenters. The van der Waals surface area contributed by atoms with Gasteiger partial charge < -0.3 is 9.73 Å². The minimum atomic E-state index is -0.150. The van der Waals surface area contributed by atoms with Crippen molar-refractivity contribution in [2.75, 3.05) is 5.32 Å². The molecule has 0 radical (unpaired) electrons. The van der Waals surface area contributed by atoms with Crippen molar-refractivity contribution in [2.24, 2.45) is 7.05 Å². The van der Waals surface area contributed by atoms with Crippen LogP contribution in [-0.4, -0.2) is 25.9 Å². The second-order valence-electron chi connectivity index (χ2n) is 7.46. The smallest absolute Gasteiger partial charge is 0.226 e. The lowest BCUT2D eigenvalue weighted by Crippen LogP contribution is -2.26. The average molecular weight is 339 g/mol. The highest BCUT2D eigenvalue weighted by atomic mass is 16.3. The Morgan fingerprint density at radius 2 is 2.08 bits per heavy atom. The quantitative estimate of drug-likeness (QED) is 0.750. The topological polar surface area (TPSA) is 88.7 Å². The van der Waals surface area contributed by atoms with Crippen molar-refractivity contribution in [3.63, 3.8) is 0 Å². The van der Waals surface area contributed by atoms with Gasteiger partial charge in [-0.3, -0.25) is 14.6 Å². The first-order chi connectivity index (χ1) is 11.8. The van der Waals surface area contributed by atoms with Gasteiger partial charge in [0.2, 0.25) is 5.91 Å². The minimum Gasteiger partial charge on any atom is -0.459 e. The molecule has 0 saturated carbocycles. The summed E-state index contributed by atoms with van der Waals surface area (Å²) < 4.78 is 7.81. The third-order valence-electron chi connectivity index (χ3n) is 4.53. The molecule has 3 aromatic rings. The number of amides is 1. The Kier molecular flexibility index (Phi) is 3.35. The van der Waals surface area contributed by atoms with Gasteiger partial charge in [0.15, 0.2) is 5.76 Å². The first-order valence-electron chi connectivity index (χ1n) is 8.31. The maximum absolute atomic E-state index is 12.2. The summed E-state index contributed by atoms with van der Waals surface area (Å²) in [6, 6.07) is 5.69. The Labute approximate surface area is 145 Å². The molecule has 0 aromatic carbocycles. The maximum atomic E-state index is 12.2. The van der Waals surface area contributed by atoms with Crippen LogP contribution in [0.1, 0.15) is 50.1 Å². The van der Waals surface area contributed by atoms with E-state index in [0.717, 1.165) is 28.5 Å². The zero-order valence-electron chi connectivity index (χ0n) is 14.8. The number of aromatic nitrogens is 4. The van der Waals surface area contributed by atoms with Crippen LogP contribution in [0.4, 0.5) is 5.82 Å². The van der Waals surface area contributed by atoms with Crippen molar-refractivity contribution in [1.82, 2.24) is 20.0 Å². The number of aromatic amines is 1. The van der Waals surface area contributed by atoms with Gasteiger partial charge >= 0.3 is 0 Å². The molecule has 1 atom stereocenters. The molecule has 7 nitrogen and oxygen atoms in total. The van der Waals surface area contributed by atoms with Crippen LogP contribution >= 0.6 is 0 Å². The van der Waals surface area contributed by atoms with E-state index in [1.165, 1.54) is 0 Å². The molecular weight excluding hydrogens is 318 g/mol. The van der Waals surface area contributed by atoms with Crippen LogP contribution in [-0.2, 0) is 17.3 Å². The Morgan fingerprint density at radius 3 is 2.76 bits per heavy atom. The van der Waals surface area contributed by atoms with Crippen LogP contribution < -0.4 is 5.32 Å². The Bertz CT molecular complexity index is 927. The van der Waals surface area contributed by atoms with Crippen molar-refractivity contribution in [3.05, 3.63) is 41.4 Å². The molecule has 130 valence electrons. The van der Waals surface area contributed by atoms with Gasteiger partial charge in [-0.15, -0.1) is 0 Å². The van der Waals surface area contributed by atoms with Gasteiger partial charge in [0.05, 0.1) is 11.6 Å². The van der Waals surface area contributed by atoms with Gasteiger partial charge in [-0.25, -0.2) is 0 Å². The standard InChI is InChI=1S/C18H21N5O2/c1-18(2,3)16-15-10(9-14(24)20-17(15)23(4)22-16)12-5-6-13(25-12)11-7-8-19-21-11/h5-8,10H,9H2,1-4H3,(H,19,21)(H,20,24)/t10-/m0/s1. The monoisotopic (exact) mass is 339 g/mol. The average Bonchev–Trinajstić information content (AvgIpc) is 3.25. The van der Waals surface area contributed by atoms with Gasteiger partial charge in [-0.1, -0.05) is 20.8 Å². The molecule has 1 aliphatic rings. The molecule has 0 fully saturated rings. The lowest BCUT2D eigenvalue weighted by atomic mass is 9.81. The van der Waals surface area contributed by atoms with Gasteiger partial charge in [-0.2, -0.15) is 10.2 Å². The molecule has 0 spiro atoms. The Morgan fingerprint density at radius 1 is 1.28 bits per heavy atom. The fourth-order valence-corrected chi connectivity index (χ4v) is 3.36. The van der Waals surface area contributed by atoms with Crippen molar-refractivity contribution in [3.8, 4) is 11.5 Å². The molecule has 7 heteroatoms. The van der Waals surface area contributed by atoms with Crippen LogP contribution in [0.5, 0.6) is 0 Å². The number of carbonyl (C=O) groups is 1. The third kappa shape index (κ3) is 2.56. The van der Waals surface area contributed by atoms with Gasteiger partial charge in [-0.05, 0) is 18.2 Å². The number of aryl methyl sites for hydroxylation is 1. The highest BCUT2D eigenvalue weighted by Crippen LogP contribution is 2.43. The van der Waals surface area contributed by atoms with E-state index in [0.29, 0.717) is 12.2 Å². The number of H-pyrrole nitrogens is 1. The summed E-state index contributed by atoms with van der Waals surface area (Å²) in [7, 11) is 1.86. The Hall–Kier alpha value is -2.83. The summed E-state index contributed by atoms with van der Waals surface area (Å²) in [5.41, 5.74) is 2.70. The molecule has 0 saturated heterocycles. The number of rotatable bonds is 2. The van der Waals surface area contributed by atoms with E-state index in [2.05, 4.69) is 41.4 Å². The number of nitrogens with one attached hydrogen (secondary N) is 2. The lowest BCUT2D eigenvalue weighted by Gasteiger charge is -2.25. The Balaban J connectivity index is 1.83. The van der Waals surface area contributed by atoms with Gasteiger partial charge in [0.25, 0.3) is 0 Å². The maximum Gasteiger partial charge on any atom is 0.226 e. The van der Waals surface area contributed by atoms with Crippen molar-refractivity contribution >= 4 is 11.7 Å². The number of nitrogens with zero attached hydrogens (tertiary/aromatic N) is 3. The number of fused-ring (bicyclic) bond motifs is 1. The van der Waals surface area contributed by atoms with E-state index in [4.69, 9.17) is 4.42 Å². The van der Waals surface area contributed by atoms with Crippen LogP contribution in [0.15, 0.2) is 28.8 Å². The molecule has 3 aromatic heterocycles. The highest BCUT2D eigenvalue weighted by Gasteiger charge is 2.37. The van der Waals surface area contributed by atoms with Crippen LogP contribution in [0.3, 0.4) is 0 Å². The van der Waals surface area contributed by atoms with E-state index in [-0.39, 0.29) is 17.2 Å². The fraction of sp³-hybridized carbons (Fsp3) is 0.389. The van der Waals surface area contributed by atoms with Gasteiger partial charge in [0.1, 0.15) is 17.3 Å². The zero-order chi connectivity index (χ0) is 17.8. The van der Waals surface area contributed by atoms with Crippen LogP contribution in [0, 0.1) is 0 Å². The molecule has 2 N–H and O–H groups in total. The van der Waals surface area contributed by atoms with Crippen molar-refractivity contribution in [1.29, 1.82) is 0 Å². The first-order valence-corrected chi connectivity index (χ1v) is 8.31.